The predicted molar refractivity (Wildman–Crippen MR) is 62.6 cm³/mol. The van der Waals surface area contributed by atoms with E-state index in [1.54, 1.807) is 6.07 Å². The van der Waals surface area contributed by atoms with Crippen LogP contribution in [0.2, 0.25) is 0 Å². The lowest BCUT2D eigenvalue weighted by molar-refractivity contribution is 0.0601. The highest BCUT2D eigenvalue weighted by Gasteiger charge is 2.15. The molecule has 0 heterocycles. The summed E-state index contributed by atoms with van der Waals surface area (Å²) < 4.78 is 6.20. The summed E-state index contributed by atoms with van der Waals surface area (Å²) in [6.07, 6.45) is 0. The topological polar surface area (TPSA) is 52.3 Å². The van der Waals surface area contributed by atoms with Crippen molar-refractivity contribution >= 4 is 50.2 Å². The van der Waals surface area contributed by atoms with Crippen LogP contribution in [0, 0.1) is 3.57 Å². The van der Waals surface area contributed by atoms with Crippen LogP contribution in [0.5, 0.6) is 0 Å². The van der Waals surface area contributed by atoms with Gasteiger partial charge in [-0.25, -0.2) is 4.79 Å². The molecular formula is C8H7BrINO2. The van der Waals surface area contributed by atoms with Crippen LogP contribution < -0.4 is 5.73 Å². The molecule has 3 nitrogen and oxygen atoms in total. The van der Waals surface area contributed by atoms with Crippen molar-refractivity contribution in [2.24, 2.45) is 0 Å². The Hall–Kier alpha value is -0.300. The second-order valence-electron chi connectivity index (χ2n) is 2.32. The number of hydrogen-bond acceptors (Lipinski definition) is 3. The summed E-state index contributed by atoms with van der Waals surface area (Å²) in [5.74, 6) is -0.428. The molecular weight excluding hydrogens is 349 g/mol. The van der Waals surface area contributed by atoms with Gasteiger partial charge in [0.1, 0.15) is 0 Å². The number of carbonyl (C=O) groups excluding carboxylic acids is 1. The quantitative estimate of drug-likeness (QED) is 0.478. The molecule has 0 aliphatic carbocycles. The van der Waals surface area contributed by atoms with E-state index >= 15 is 0 Å². The maximum atomic E-state index is 11.3. The molecule has 0 aromatic heterocycles. The van der Waals surface area contributed by atoms with Gasteiger partial charge in [0, 0.05) is 13.7 Å². The van der Waals surface area contributed by atoms with Crippen molar-refractivity contribution in [3.8, 4) is 0 Å². The first-order valence-corrected chi connectivity index (χ1v) is 5.27. The van der Waals surface area contributed by atoms with Crippen molar-refractivity contribution in [2.45, 2.75) is 0 Å². The van der Waals surface area contributed by atoms with Crippen molar-refractivity contribution < 1.29 is 9.53 Å². The first kappa shape index (κ1) is 10.8. The molecule has 0 spiro atoms. The molecule has 0 amide bonds. The number of nitrogens with two attached hydrogens (primary N) is 1. The molecule has 1 aromatic carbocycles. The largest absolute Gasteiger partial charge is 0.465 e. The van der Waals surface area contributed by atoms with Crippen molar-refractivity contribution in [1.82, 2.24) is 0 Å². The number of ether oxygens (including phenoxy) is 1. The van der Waals surface area contributed by atoms with E-state index in [4.69, 9.17) is 5.73 Å². The van der Waals surface area contributed by atoms with Gasteiger partial charge in [-0.1, -0.05) is 0 Å². The molecule has 0 saturated carbocycles. The zero-order valence-electron chi connectivity index (χ0n) is 6.80. The molecule has 2 N–H and O–H groups in total. The fourth-order valence-electron chi connectivity index (χ4n) is 0.875. The summed E-state index contributed by atoms with van der Waals surface area (Å²) in [7, 11) is 1.33. The van der Waals surface area contributed by atoms with Gasteiger partial charge < -0.3 is 10.5 Å². The van der Waals surface area contributed by atoms with Crippen molar-refractivity contribution in [3.05, 3.63) is 25.7 Å². The van der Waals surface area contributed by atoms with Gasteiger partial charge in [-0.15, -0.1) is 0 Å². The molecule has 0 radical (unpaired) electrons. The lowest BCUT2D eigenvalue weighted by Gasteiger charge is -2.07. The third-order valence-electron chi connectivity index (χ3n) is 1.52. The normalized spacial score (nSPS) is 9.77. The third kappa shape index (κ3) is 2.14. The van der Waals surface area contributed by atoms with Crippen LogP contribution in [0.4, 0.5) is 5.69 Å². The van der Waals surface area contributed by atoms with E-state index in [0.717, 1.165) is 3.57 Å². The van der Waals surface area contributed by atoms with E-state index in [2.05, 4.69) is 43.3 Å². The second-order valence-corrected chi connectivity index (χ2v) is 4.27. The smallest absolute Gasteiger partial charge is 0.341 e. The van der Waals surface area contributed by atoms with Gasteiger partial charge in [-0.2, -0.15) is 0 Å². The van der Waals surface area contributed by atoms with Crippen LogP contribution in [-0.4, -0.2) is 13.1 Å². The first-order valence-electron chi connectivity index (χ1n) is 3.39. The molecule has 0 atom stereocenters. The van der Waals surface area contributed by atoms with Gasteiger partial charge in [0.05, 0.1) is 12.7 Å². The van der Waals surface area contributed by atoms with Crippen LogP contribution in [0.1, 0.15) is 10.4 Å². The minimum absolute atomic E-state index is 0.384. The maximum Gasteiger partial charge on any atom is 0.341 e. The average molecular weight is 356 g/mol. The average Bonchev–Trinajstić information content (AvgIpc) is 2.12. The summed E-state index contributed by atoms with van der Waals surface area (Å²) in [5.41, 5.74) is 6.43. The Labute approximate surface area is 97.9 Å². The van der Waals surface area contributed by atoms with Crippen molar-refractivity contribution in [2.75, 3.05) is 12.8 Å². The Bertz CT molecular complexity index is 354. The van der Waals surface area contributed by atoms with Crippen molar-refractivity contribution in [1.29, 1.82) is 0 Å². The minimum atomic E-state index is -0.428. The third-order valence-corrected chi connectivity index (χ3v) is 3.98. The summed E-state index contributed by atoms with van der Waals surface area (Å²) in [5, 5.41) is 0. The molecule has 1 aromatic rings. The van der Waals surface area contributed by atoms with E-state index in [1.807, 2.05) is 6.07 Å². The number of rotatable bonds is 1. The van der Waals surface area contributed by atoms with Crippen LogP contribution in [-0.2, 0) is 4.74 Å². The van der Waals surface area contributed by atoms with Gasteiger partial charge in [-0.3, -0.25) is 0 Å². The molecule has 0 aliphatic heterocycles. The highest BCUT2D eigenvalue weighted by atomic mass is 127. The molecule has 0 unspecified atom stereocenters. The fraction of sp³-hybridized carbons (Fsp3) is 0.125. The summed E-state index contributed by atoms with van der Waals surface area (Å²) in [6, 6.07) is 3.51. The predicted octanol–water partition coefficient (Wildman–Crippen LogP) is 2.42. The van der Waals surface area contributed by atoms with Gasteiger partial charge >= 0.3 is 5.97 Å². The number of carbonyl (C=O) groups is 1. The van der Waals surface area contributed by atoms with Crippen LogP contribution in [0.15, 0.2) is 16.6 Å². The van der Waals surface area contributed by atoms with E-state index in [0.29, 0.717) is 15.7 Å². The summed E-state index contributed by atoms with van der Waals surface area (Å²) in [6.45, 7) is 0. The maximum absolute atomic E-state index is 11.3. The molecule has 5 heteroatoms. The fourth-order valence-corrected chi connectivity index (χ4v) is 1.85. The lowest BCUT2D eigenvalue weighted by Crippen LogP contribution is -2.07. The number of esters is 1. The molecule has 1 rings (SSSR count). The zero-order chi connectivity index (χ0) is 10.0. The van der Waals surface area contributed by atoms with Gasteiger partial charge in [0.25, 0.3) is 0 Å². The van der Waals surface area contributed by atoms with Gasteiger partial charge in [0.15, 0.2) is 0 Å². The molecule has 70 valence electrons. The van der Waals surface area contributed by atoms with E-state index in [-0.39, 0.29) is 0 Å². The number of anilines is 1. The highest BCUT2D eigenvalue weighted by molar-refractivity contribution is 14.1. The molecule has 0 saturated heterocycles. The number of benzene rings is 1. The summed E-state index contributed by atoms with van der Waals surface area (Å²) >= 11 is 5.39. The number of halogens is 2. The minimum Gasteiger partial charge on any atom is -0.465 e. The SMILES string of the molecule is COC(=O)c1c(N)ccc(I)c1Br. The highest BCUT2D eigenvalue weighted by Crippen LogP contribution is 2.28. The Balaban J connectivity index is 3.33. The van der Waals surface area contributed by atoms with Gasteiger partial charge in [0.2, 0.25) is 0 Å². The Morgan fingerprint density at radius 2 is 2.23 bits per heavy atom. The van der Waals surface area contributed by atoms with Crippen LogP contribution in [0.3, 0.4) is 0 Å². The standard InChI is InChI=1S/C8H7BrINO2/c1-13-8(12)6-5(11)3-2-4(10)7(6)9/h2-3H,11H2,1H3. The van der Waals surface area contributed by atoms with Gasteiger partial charge in [-0.05, 0) is 50.7 Å². The molecule has 13 heavy (non-hydrogen) atoms. The van der Waals surface area contributed by atoms with Crippen LogP contribution in [0.25, 0.3) is 0 Å². The Morgan fingerprint density at radius 3 is 2.77 bits per heavy atom. The Kier molecular flexibility index (Phi) is 3.55. The van der Waals surface area contributed by atoms with E-state index in [1.165, 1.54) is 7.11 Å². The number of methoxy groups -OCH3 is 1. The molecule has 0 aliphatic rings. The first-order chi connectivity index (χ1) is 6.07. The van der Waals surface area contributed by atoms with E-state index < -0.39 is 5.97 Å². The zero-order valence-corrected chi connectivity index (χ0v) is 10.5. The Morgan fingerprint density at radius 1 is 1.62 bits per heavy atom. The summed E-state index contributed by atoms with van der Waals surface area (Å²) in [4.78, 5) is 11.3. The lowest BCUT2D eigenvalue weighted by atomic mass is 10.2. The number of nitrogen functional groups attached to an aromatic ring is 1. The molecule has 0 bridgehead atoms. The monoisotopic (exact) mass is 355 g/mol. The molecule has 0 fully saturated rings. The van der Waals surface area contributed by atoms with Crippen LogP contribution >= 0.6 is 38.5 Å². The van der Waals surface area contributed by atoms with E-state index in [9.17, 15) is 4.79 Å². The van der Waals surface area contributed by atoms with Crippen molar-refractivity contribution in [3.63, 3.8) is 0 Å². The second kappa shape index (κ2) is 4.28. The number of hydrogen-bond donors (Lipinski definition) is 1.